The summed E-state index contributed by atoms with van der Waals surface area (Å²) in [4.78, 5) is 16.1. The molecule has 2 saturated carbocycles. The predicted octanol–water partition coefficient (Wildman–Crippen LogP) is 9.44. The molecule has 1 N–H and O–H groups in total. The van der Waals surface area contributed by atoms with Gasteiger partial charge in [0.15, 0.2) is 0 Å². The Balaban J connectivity index is 1.71. The van der Waals surface area contributed by atoms with Crippen molar-refractivity contribution in [3.05, 3.63) is 29.3 Å². The number of rotatable bonds is 11. The van der Waals surface area contributed by atoms with E-state index in [1.54, 1.807) is 0 Å². The van der Waals surface area contributed by atoms with Gasteiger partial charge in [-0.25, -0.2) is 4.79 Å². The average molecular weight is 501 g/mol. The van der Waals surface area contributed by atoms with Crippen molar-refractivity contribution in [3.63, 3.8) is 0 Å². The second-order valence-corrected chi connectivity index (χ2v) is 12.9. The Bertz CT molecular complexity index is 737. The first-order valence-electron chi connectivity index (χ1n) is 14.7. The number of nitrogens with one attached hydrogen (secondary N) is 1. The number of amides is 2. The van der Waals surface area contributed by atoms with Gasteiger partial charge in [-0.05, 0) is 72.7 Å². The third-order valence-electron chi connectivity index (χ3n) is 8.48. The molecule has 0 aliphatic heterocycles. The summed E-state index contributed by atoms with van der Waals surface area (Å²) in [6.07, 6.45) is 14.7. The number of benzene rings is 1. The number of hydrogen-bond acceptors (Lipinski definition) is 2. The minimum atomic E-state index is 0.122. The van der Waals surface area contributed by atoms with Gasteiger partial charge in [-0.2, -0.15) is 11.8 Å². The van der Waals surface area contributed by atoms with E-state index in [1.165, 1.54) is 87.5 Å². The number of thioether (sulfide) groups is 1. The average Bonchev–Trinajstić information content (AvgIpc) is 2.86. The van der Waals surface area contributed by atoms with Gasteiger partial charge in [0.05, 0.1) is 0 Å². The van der Waals surface area contributed by atoms with Gasteiger partial charge in [-0.3, -0.25) is 0 Å². The maximum absolute atomic E-state index is 13.9. The molecule has 4 heteroatoms. The fourth-order valence-electron chi connectivity index (χ4n) is 6.33. The molecule has 35 heavy (non-hydrogen) atoms. The number of urea groups is 1. The molecule has 198 valence electrons. The summed E-state index contributed by atoms with van der Waals surface area (Å²) in [5.74, 6) is 4.85. The van der Waals surface area contributed by atoms with E-state index in [4.69, 9.17) is 0 Å². The molecule has 1 aromatic carbocycles. The number of unbranched alkanes of at least 4 members (excludes halogenated alkanes) is 1. The zero-order chi connectivity index (χ0) is 25.2. The number of anilines is 1. The second-order valence-electron chi connectivity index (χ2n) is 11.7. The molecule has 2 fully saturated rings. The first-order chi connectivity index (χ1) is 16.9. The Morgan fingerprint density at radius 3 is 2.09 bits per heavy atom. The number of nitrogens with zero attached hydrogens (tertiary/aromatic N) is 1. The van der Waals surface area contributed by atoms with Crippen molar-refractivity contribution in [3.8, 4) is 0 Å². The van der Waals surface area contributed by atoms with E-state index < -0.39 is 0 Å². The maximum atomic E-state index is 13.9. The summed E-state index contributed by atoms with van der Waals surface area (Å²) in [5, 5.41) is 3.44. The Labute approximate surface area is 220 Å². The molecule has 0 saturated heterocycles. The largest absolute Gasteiger partial charge is 0.322 e. The lowest BCUT2D eigenvalue weighted by atomic mass is 9.72. The molecule has 2 amide bonds. The lowest BCUT2D eigenvalue weighted by Gasteiger charge is -2.40. The van der Waals surface area contributed by atoms with Gasteiger partial charge in [0, 0.05) is 24.0 Å². The van der Waals surface area contributed by atoms with E-state index in [-0.39, 0.29) is 6.03 Å². The highest BCUT2D eigenvalue weighted by atomic mass is 32.2. The van der Waals surface area contributed by atoms with Crippen LogP contribution in [0.3, 0.4) is 0 Å². The monoisotopic (exact) mass is 500 g/mol. The number of para-hydroxylation sites is 1. The first-order valence-corrected chi connectivity index (χ1v) is 15.9. The lowest BCUT2D eigenvalue weighted by molar-refractivity contribution is 0.127. The van der Waals surface area contributed by atoms with Gasteiger partial charge in [0.1, 0.15) is 0 Å². The second kappa shape index (κ2) is 14.5. The number of carbonyl (C=O) groups is 1. The van der Waals surface area contributed by atoms with Gasteiger partial charge in [0.25, 0.3) is 0 Å². The Morgan fingerprint density at radius 2 is 1.51 bits per heavy atom. The molecule has 3 rings (SSSR count). The van der Waals surface area contributed by atoms with Crippen LogP contribution in [0.15, 0.2) is 18.2 Å². The van der Waals surface area contributed by atoms with Crippen LogP contribution in [-0.4, -0.2) is 35.0 Å². The van der Waals surface area contributed by atoms with Crippen LogP contribution in [0, 0.1) is 11.8 Å². The highest BCUT2D eigenvalue weighted by molar-refractivity contribution is 7.99. The van der Waals surface area contributed by atoms with Crippen molar-refractivity contribution in [1.29, 1.82) is 0 Å². The van der Waals surface area contributed by atoms with E-state index in [0.29, 0.717) is 17.9 Å². The van der Waals surface area contributed by atoms with Gasteiger partial charge < -0.3 is 10.2 Å². The van der Waals surface area contributed by atoms with Crippen LogP contribution in [0.25, 0.3) is 0 Å². The Hall–Kier alpha value is -1.16. The van der Waals surface area contributed by atoms with Crippen molar-refractivity contribution in [2.24, 2.45) is 11.8 Å². The summed E-state index contributed by atoms with van der Waals surface area (Å²) in [6, 6.07) is 7.03. The molecule has 0 bridgehead atoms. The Morgan fingerprint density at radius 1 is 0.914 bits per heavy atom. The van der Waals surface area contributed by atoms with Crippen LogP contribution in [0.4, 0.5) is 10.5 Å². The molecule has 0 radical (unpaired) electrons. The van der Waals surface area contributed by atoms with E-state index in [0.717, 1.165) is 29.8 Å². The summed E-state index contributed by atoms with van der Waals surface area (Å²) < 4.78 is 0. The van der Waals surface area contributed by atoms with Gasteiger partial charge in [0.2, 0.25) is 0 Å². The van der Waals surface area contributed by atoms with Gasteiger partial charge >= 0.3 is 6.03 Å². The van der Waals surface area contributed by atoms with Crippen molar-refractivity contribution in [2.45, 2.75) is 123 Å². The topological polar surface area (TPSA) is 32.3 Å². The Kier molecular flexibility index (Phi) is 11.8. The van der Waals surface area contributed by atoms with E-state index in [2.05, 4.69) is 63.0 Å². The van der Waals surface area contributed by atoms with Crippen molar-refractivity contribution in [1.82, 2.24) is 4.90 Å². The molecule has 0 spiro atoms. The minimum Gasteiger partial charge on any atom is -0.321 e. The third-order valence-corrected chi connectivity index (χ3v) is 9.53. The molecule has 0 aromatic heterocycles. The minimum absolute atomic E-state index is 0.122. The van der Waals surface area contributed by atoms with Crippen molar-refractivity contribution in [2.75, 3.05) is 23.4 Å². The quantitative estimate of drug-likeness (QED) is 0.307. The predicted molar refractivity (Wildman–Crippen MR) is 155 cm³/mol. The standard InChI is InChI=1S/C31H52N2OS/c1-6-7-21-35-22-20-33(27-18-16-26(17-19-27)25-12-9-8-10-13-25)31(34)32-30-28(23(2)3)14-11-15-29(30)24(4)5/h11,14-15,23-27H,6-10,12-13,16-22H2,1-5H3,(H,32,34)/t26-,27-. The zero-order valence-electron chi connectivity index (χ0n) is 23.3. The van der Waals surface area contributed by atoms with Gasteiger partial charge in [-0.15, -0.1) is 0 Å². The van der Waals surface area contributed by atoms with E-state index >= 15 is 0 Å². The number of hydrogen-bond donors (Lipinski definition) is 1. The van der Waals surface area contributed by atoms with Crippen LogP contribution in [0.5, 0.6) is 0 Å². The highest BCUT2D eigenvalue weighted by Gasteiger charge is 2.33. The third kappa shape index (κ3) is 8.17. The summed E-state index contributed by atoms with van der Waals surface area (Å²) in [7, 11) is 0. The SMILES string of the molecule is CCCCSCCN(C(=O)Nc1c(C(C)C)cccc1C(C)C)[C@H]1CC[C@H](C2CCCCC2)CC1. The molecule has 0 atom stereocenters. The molecule has 2 aliphatic rings. The molecule has 0 unspecified atom stereocenters. The van der Waals surface area contributed by atoms with Crippen molar-refractivity contribution >= 4 is 23.5 Å². The molecular formula is C31H52N2OS. The van der Waals surface area contributed by atoms with Crippen LogP contribution >= 0.6 is 11.8 Å². The molecule has 1 aromatic rings. The summed E-state index contributed by atoms with van der Waals surface area (Å²) >= 11 is 2.01. The highest BCUT2D eigenvalue weighted by Crippen LogP contribution is 2.40. The maximum Gasteiger partial charge on any atom is 0.322 e. The van der Waals surface area contributed by atoms with Crippen LogP contribution < -0.4 is 5.32 Å². The summed E-state index contributed by atoms with van der Waals surface area (Å²) in [5.41, 5.74) is 3.56. The fraction of sp³-hybridized carbons (Fsp3) is 0.774. The zero-order valence-corrected chi connectivity index (χ0v) is 24.1. The lowest BCUT2D eigenvalue weighted by Crippen LogP contribution is -2.46. The molecule has 0 heterocycles. The number of carbonyl (C=O) groups excluding carboxylic acids is 1. The molecule has 2 aliphatic carbocycles. The molecular weight excluding hydrogens is 448 g/mol. The smallest absolute Gasteiger partial charge is 0.321 e. The first kappa shape index (κ1) is 28.4. The van der Waals surface area contributed by atoms with Crippen molar-refractivity contribution < 1.29 is 4.79 Å². The van der Waals surface area contributed by atoms with Crippen LogP contribution in [0.2, 0.25) is 0 Å². The van der Waals surface area contributed by atoms with Crippen LogP contribution in [-0.2, 0) is 0 Å². The van der Waals surface area contributed by atoms with Crippen LogP contribution in [0.1, 0.15) is 128 Å². The van der Waals surface area contributed by atoms with Gasteiger partial charge in [-0.1, -0.05) is 91.3 Å². The van der Waals surface area contributed by atoms with E-state index in [9.17, 15) is 4.79 Å². The molecule has 3 nitrogen and oxygen atoms in total. The normalized spacial score (nSPS) is 21.5. The summed E-state index contributed by atoms with van der Waals surface area (Å²) in [6.45, 7) is 12.0. The fourth-order valence-corrected chi connectivity index (χ4v) is 7.35. The van der Waals surface area contributed by atoms with E-state index in [1.807, 2.05) is 11.8 Å².